The fourth-order valence-corrected chi connectivity index (χ4v) is 8.70. The molecule has 0 aliphatic rings. The van der Waals surface area contributed by atoms with Gasteiger partial charge in [0.2, 0.25) is 9.84 Å². The van der Waals surface area contributed by atoms with Gasteiger partial charge in [-0.25, -0.2) is 13.2 Å². The number of ether oxygens (including phenoxy) is 5. The van der Waals surface area contributed by atoms with Crippen LogP contribution in [0, 0.1) is 0 Å². The summed E-state index contributed by atoms with van der Waals surface area (Å²) in [7, 11) is -3.84. The van der Waals surface area contributed by atoms with Crippen LogP contribution in [-0.4, -0.2) is 37.8 Å². The van der Waals surface area contributed by atoms with Gasteiger partial charge in [0, 0.05) is 16.7 Å². The second-order valence-corrected chi connectivity index (χ2v) is 18.4. The number of Topliss-reactive ketones (excluding diaryl/α,β-unsaturated/α-hetero) is 3. The Morgan fingerprint density at radius 1 is 0.343 bits per heavy atom. The molecular formula is C58H46O11S. The maximum absolute atomic E-state index is 13.6. The molecule has 0 saturated carbocycles. The van der Waals surface area contributed by atoms with E-state index >= 15 is 0 Å². The van der Waals surface area contributed by atoms with Crippen LogP contribution < -0.4 is 18.9 Å². The van der Waals surface area contributed by atoms with Crippen molar-refractivity contribution in [2.45, 2.75) is 50.5 Å². The van der Waals surface area contributed by atoms with Gasteiger partial charge in [0.25, 0.3) is 0 Å². The topological polar surface area (TPSA) is 149 Å². The van der Waals surface area contributed by atoms with Crippen molar-refractivity contribution in [2.24, 2.45) is 0 Å². The molecule has 350 valence electrons. The van der Waals surface area contributed by atoms with Gasteiger partial charge in [0.05, 0.1) is 21.5 Å². The van der Waals surface area contributed by atoms with Crippen molar-refractivity contribution < 1.29 is 51.3 Å². The Morgan fingerprint density at radius 2 is 0.600 bits per heavy atom. The van der Waals surface area contributed by atoms with Crippen LogP contribution in [0.1, 0.15) is 76.1 Å². The summed E-state index contributed by atoms with van der Waals surface area (Å²) in [5.41, 5.74) is 4.80. The zero-order valence-electron chi connectivity index (χ0n) is 38.8. The monoisotopic (exact) mass is 950 g/mol. The highest BCUT2D eigenvalue weighted by atomic mass is 32.2. The molecular weight excluding hydrogens is 905 g/mol. The first-order valence-electron chi connectivity index (χ1n) is 22.2. The molecule has 8 rings (SSSR count). The molecule has 0 aromatic heterocycles. The lowest BCUT2D eigenvalue weighted by Gasteiger charge is -2.13. The van der Waals surface area contributed by atoms with E-state index in [1.54, 1.807) is 80.6 Å². The Balaban J connectivity index is 0.835. The summed E-state index contributed by atoms with van der Waals surface area (Å²) in [6.45, 7) is 7.71. The minimum absolute atomic E-state index is 0.110. The van der Waals surface area contributed by atoms with Gasteiger partial charge in [-0.05, 0) is 190 Å². The van der Waals surface area contributed by atoms with Crippen LogP contribution >= 0.6 is 0 Å². The van der Waals surface area contributed by atoms with Crippen molar-refractivity contribution in [1.82, 2.24) is 0 Å². The number of rotatable bonds is 17. The zero-order chi connectivity index (χ0) is 49.5. The molecule has 0 fully saturated rings. The maximum atomic E-state index is 13.6. The van der Waals surface area contributed by atoms with E-state index in [0.717, 1.165) is 22.3 Å². The van der Waals surface area contributed by atoms with E-state index in [1.165, 1.54) is 51.1 Å². The van der Waals surface area contributed by atoms with Gasteiger partial charge in [0.1, 0.15) is 46.0 Å². The highest BCUT2D eigenvalue weighted by Crippen LogP contribution is 2.34. The SMILES string of the molecule is CC(=O)c1ccc(Oc2ccc(-c3ccc(Oc4ccc(S(=O)(=O)c5ccc(Oc6ccc(-c7ccc(Oc8ccc(C(C)=O)c(C(=O)OC(C)C)c8)cc7)cc6)cc5)cc4)cc3)cc2)cc1C(C)=O. The normalized spacial score (nSPS) is 11.1. The summed E-state index contributed by atoms with van der Waals surface area (Å²) in [6.07, 6.45) is -0.343. The molecule has 0 N–H and O–H groups in total. The molecule has 0 unspecified atom stereocenters. The molecule has 0 aliphatic heterocycles. The number of hydrogen-bond acceptors (Lipinski definition) is 11. The smallest absolute Gasteiger partial charge is 0.339 e. The molecule has 0 spiro atoms. The van der Waals surface area contributed by atoms with E-state index in [9.17, 15) is 27.6 Å². The number of benzene rings is 8. The van der Waals surface area contributed by atoms with Crippen LogP contribution in [0.25, 0.3) is 22.3 Å². The van der Waals surface area contributed by atoms with Crippen LogP contribution in [0.3, 0.4) is 0 Å². The first kappa shape index (κ1) is 47.9. The third kappa shape index (κ3) is 11.4. The molecule has 0 atom stereocenters. The van der Waals surface area contributed by atoms with E-state index in [4.69, 9.17) is 23.7 Å². The standard InChI is InChI=1S/C58H46O11S/c1-36(2)65-58(62)57-35-51(27-33-55(57)38(4)60)69-47-20-12-43(13-21-47)41-8-16-45(17-9-41)67-49-24-30-53(31-25-49)70(63,64)52-28-22-48(23-29-52)66-44-14-6-40(7-15-44)42-10-18-46(19-11-42)68-50-26-32-54(37(3)59)56(34-50)39(5)61/h6-36H,1-5H3. The molecule has 0 amide bonds. The van der Waals surface area contributed by atoms with Gasteiger partial charge in [-0.15, -0.1) is 0 Å². The lowest BCUT2D eigenvalue weighted by molar-refractivity contribution is 0.0374. The summed E-state index contributed by atoms with van der Waals surface area (Å²) < 4.78 is 56.5. The fourth-order valence-electron chi connectivity index (χ4n) is 7.44. The predicted molar refractivity (Wildman–Crippen MR) is 266 cm³/mol. The highest BCUT2D eigenvalue weighted by molar-refractivity contribution is 7.91. The van der Waals surface area contributed by atoms with Crippen LogP contribution in [0.15, 0.2) is 192 Å². The summed E-state index contributed by atoms with van der Waals surface area (Å²) >= 11 is 0. The molecule has 0 heterocycles. The van der Waals surface area contributed by atoms with Crippen molar-refractivity contribution in [2.75, 3.05) is 0 Å². The molecule has 70 heavy (non-hydrogen) atoms. The zero-order valence-corrected chi connectivity index (χ0v) is 39.6. The Hall–Kier alpha value is -8.61. The van der Waals surface area contributed by atoms with Gasteiger partial charge in [-0.2, -0.15) is 0 Å². The van der Waals surface area contributed by atoms with Gasteiger partial charge in [-0.3, -0.25) is 14.4 Å². The van der Waals surface area contributed by atoms with E-state index in [-0.39, 0.29) is 44.4 Å². The molecule has 0 bridgehead atoms. The first-order chi connectivity index (χ1) is 33.6. The van der Waals surface area contributed by atoms with Gasteiger partial charge >= 0.3 is 5.97 Å². The summed E-state index contributed by atoms with van der Waals surface area (Å²) in [5.74, 6) is 2.76. The van der Waals surface area contributed by atoms with Gasteiger partial charge in [-0.1, -0.05) is 48.5 Å². The molecule has 12 heteroatoms. The molecule has 8 aromatic carbocycles. The number of ketones is 3. The summed E-state index contributed by atoms with van der Waals surface area (Å²) in [4.78, 5) is 49.0. The van der Waals surface area contributed by atoms with Crippen LogP contribution in [-0.2, 0) is 14.6 Å². The number of carbonyl (C=O) groups is 4. The Morgan fingerprint density at radius 3 is 0.900 bits per heavy atom. The second-order valence-electron chi connectivity index (χ2n) is 16.5. The lowest BCUT2D eigenvalue weighted by atomic mass is 10.0. The highest BCUT2D eigenvalue weighted by Gasteiger charge is 2.20. The van der Waals surface area contributed by atoms with Crippen molar-refractivity contribution >= 4 is 33.2 Å². The Labute approximate surface area is 405 Å². The number of sulfone groups is 1. The number of esters is 1. The van der Waals surface area contributed by atoms with Gasteiger partial charge < -0.3 is 23.7 Å². The van der Waals surface area contributed by atoms with Crippen LogP contribution in [0.5, 0.6) is 46.0 Å². The molecule has 8 aromatic rings. The van der Waals surface area contributed by atoms with Crippen molar-refractivity contribution in [1.29, 1.82) is 0 Å². The first-order valence-corrected chi connectivity index (χ1v) is 23.7. The fraction of sp³-hybridized carbons (Fsp3) is 0.103. The van der Waals surface area contributed by atoms with E-state index in [2.05, 4.69) is 0 Å². The predicted octanol–water partition coefficient (Wildman–Crippen LogP) is 14.2. The Bertz CT molecular complexity index is 3320. The second kappa shape index (κ2) is 20.7. The average Bonchev–Trinajstić information content (AvgIpc) is 3.35. The third-order valence-corrected chi connectivity index (χ3v) is 12.8. The van der Waals surface area contributed by atoms with Gasteiger partial charge in [0.15, 0.2) is 17.3 Å². The number of hydrogen-bond donors (Lipinski definition) is 0. The minimum atomic E-state index is -3.84. The van der Waals surface area contributed by atoms with E-state index in [0.29, 0.717) is 57.1 Å². The van der Waals surface area contributed by atoms with Crippen LogP contribution in [0.4, 0.5) is 0 Å². The maximum Gasteiger partial charge on any atom is 0.339 e. The van der Waals surface area contributed by atoms with Crippen molar-refractivity contribution in [3.05, 3.63) is 204 Å². The van der Waals surface area contributed by atoms with Crippen LogP contribution in [0.2, 0.25) is 0 Å². The third-order valence-electron chi connectivity index (χ3n) is 11.0. The largest absolute Gasteiger partial charge is 0.459 e. The molecule has 0 saturated heterocycles. The van der Waals surface area contributed by atoms with Crippen molar-refractivity contribution in [3.8, 4) is 68.2 Å². The molecule has 0 aliphatic carbocycles. The van der Waals surface area contributed by atoms with Crippen molar-refractivity contribution in [3.63, 3.8) is 0 Å². The molecule has 0 radical (unpaired) electrons. The van der Waals surface area contributed by atoms with E-state index < -0.39 is 15.8 Å². The minimum Gasteiger partial charge on any atom is -0.459 e. The number of carbonyl (C=O) groups excluding carboxylic acids is 4. The Kier molecular flexibility index (Phi) is 14.2. The van der Waals surface area contributed by atoms with E-state index in [1.807, 2.05) is 84.9 Å². The summed E-state index contributed by atoms with van der Waals surface area (Å²) in [6, 6.07) is 51.8. The summed E-state index contributed by atoms with van der Waals surface area (Å²) in [5, 5.41) is 0. The average molecular weight is 951 g/mol. The molecule has 11 nitrogen and oxygen atoms in total. The lowest BCUT2D eigenvalue weighted by Crippen LogP contribution is -2.15. The quantitative estimate of drug-likeness (QED) is 0.0634.